The maximum absolute atomic E-state index is 12.9. The van der Waals surface area contributed by atoms with E-state index in [1.807, 2.05) is 6.20 Å². The molecule has 1 saturated carbocycles. The SMILES string of the molecule is CC(C)C1=NCC(N2CCC3(CCc4cc(C5CCN(C(=O)CC6CCCCC6)CC5)ncc4O3)CC2)=N1. The zero-order chi connectivity index (χ0) is 26.1. The van der Waals surface area contributed by atoms with Crippen molar-refractivity contribution in [3.05, 3.63) is 23.5 Å². The van der Waals surface area contributed by atoms with Crippen LogP contribution in [0.5, 0.6) is 5.75 Å². The van der Waals surface area contributed by atoms with Crippen LogP contribution >= 0.6 is 0 Å². The van der Waals surface area contributed by atoms with Crippen LogP contribution in [0, 0.1) is 11.8 Å². The molecule has 206 valence electrons. The summed E-state index contributed by atoms with van der Waals surface area (Å²) in [6.07, 6.45) is 15.4. The number of hydrogen-bond donors (Lipinski definition) is 0. The lowest BCUT2D eigenvalue weighted by molar-refractivity contribution is -0.133. The van der Waals surface area contributed by atoms with Crippen molar-refractivity contribution in [2.24, 2.45) is 21.8 Å². The molecule has 5 aliphatic rings. The molecule has 7 nitrogen and oxygen atoms in total. The summed E-state index contributed by atoms with van der Waals surface area (Å²) in [7, 11) is 0. The minimum absolute atomic E-state index is 0.0718. The van der Waals surface area contributed by atoms with Crippen LogP contribution in [0.25, 0.3) is 0 Å². The smallest absolute Gasteiger partial charge is 0.222 e. The van der Waals surface area contributed by atoms with Gasteiger partial charge in [-0.3, -0.25) is 14.8 Å². The zero-order valence-electron chi connectivity index (χ0n) is 23.5. The van der Waals surface area contributed by atoms with Gasteiger partial charge in [0.15, 0.2) is 0 Å². The first kappa shape index (κ1) is 25.8. The summed E-state index contributed by atoms with van der Waals surface area (Å²) in [6, 6.07) is 2.31. The van der Waals surface area contributed by atoms with Crippen LogP contribution in [0.4, 0.5) is 0 Å². The first-order valence-corrected chi connectivity index (χ1v) is 15.3. The minimum atomic E-state index is -0.0718. The second kappa shape index (κ2) is 11.0. The van der Waals surface area contributed by atoms with Crippen LogP contribution in [-0.4, -0.2) is 70.7 Å². The summed E-state index contributed by atoms with van der Waals surface area (Å²) in [5.41, 5.74) is 2.43. The van der Waals surface area contributed by atoms with Crippen molar-refractivity contribution in [2.45, 2.75) is 102 Å². The van der Waals surface area contributed by atoms with Gasteiger partial charge in [0, 0.05) is 63.0 Å². The van der Waals surface area contributed by atoms with Gasteiger partial charge in [-0.05, 0) is 56.1 Å². The lowest BCUT2D eigenvalue weighted by Crippen LogP contribution is -2.51. The Hall–Kier alpha value is -2.44. The molecule has 0 unspecified atom stereocenters. The van der Waals surface area contributed by atoms with E-state index >= 15 is 0 Å². The number of amides is 1. The highest BCUT2D eigenvalue weighted by Crippen LogP contribution is 2.41. The van der Waals surface area contributed by atoms with E-state index in [0.29, 0.717) is 23.7 Å². The fourth-order valence-corrected chi connectivity index (χ4v) is 7.21. The predicted octanol–water partition coefficient (Wildman–Crippen LogP) is 5.38. The topological polar surface area (TPSA) is 70.4 Å². The van der Waals surface area contributed by atoms with Crippen molar-refractivity contribution in [3.8, 4) is 5.75 Å². The number of hydrogen-bond acceptors (Lipinski definition) is 6. The molecule has 2 saturated heterocycles. The fourth-order valence-electron chi connectivity index (χ4n) is 7.21. The molecule has 6 rings (SSSR count). The van der Waals surface area contributed by atoms with Crippen molar-refractivity contribution >= 4 is 17.6 Å². The molecule has 1 aliphatic carbocycles. The van der Waals surface area contributed by atoms with Gasteiger partial charge in [0.05, 0.1) is 12.7 Å². The molecule has 0 bridgehead atoms. The molecule has 7 heteroatoms. The summed E-state index contributed by atoms with van der Waals surface area (Å²) >= 11 is 0. The second-order valence-electron chi connectivity index (χ2n) is 12.7. The number of aromatic nitrogens is 1. The van der Waals surface area contributed by atoms with Crippen molar-refractivity contribution in [1.82, 2.24) is 14.8 Å². The number of pyridine rings is 1. The molecule has 0 radical (unpaired) electrons. The number of carbonyl (C=O) groups is 1. The number of likely N-dealkylation sites (tertiary alicyclic amines) is 2. The van der Waals surface area contributed by atoms with Crippen molar-refractivity contribution in [3.63, 3.8) is 0 Å². The van der Waals surface area contributed by atoms with Crippen molar-refractivity contribution < 1.29 is 9.53 Å². The van der Waals surface area contributed by atoms with E-state index in [4.69, 9.17) is 14.7 Å². The van der Waals surface area contributed by atoms with Crippen LogP contribution in [-0.2, 0) is 11.2 Å². The molecule has 1 spiro atoms. The van der Waals surface area contributed by atoms with Crippen molar-refractivity contribution in [1.29, 1.82) is 0 Å². The number of fused-ring (bicyclic) bond motifs is 1. The quantitative estimate of drug-likeness (QED) is 0.535. The number of carbonyl (C=O) groups excluding carboxylic acids is 1. The van der Waals surface area contributed by atoms with Crippen molar-refractivity contribution in [2.75, 3.05) is 32.7 Å². The average Bonchev–Trinajstić information content (AvgIpc) is 3.45. The summed E-state index contributed by atoms with van der Waals surface area (Å²) < 4.78 is 6.68. The molecular weight excluding hydrogens is 474 g/mol. The van der Waals surface area contributed by atoms with Gasteiger partial charge in [-0.15, -0.1) is 0 Å². The molecule has 3 fully saturated rings. The third-order valence-electron chi connectivity index (χ3n) is 9.78. The van der Waals surface area contributed by atoms with Crippen LogP contribution in [0.3, 0.4) is 0 Å². The van der Waals surface area contributed by atoms with Gasteiger partial charge < -0.3 is 14.5 Å². The lowest BCUT2D eigenvalue weighted by atomic mass is 9.82. The molecule has 1 aromatic rings. The van der Waals surface area contributed by atoms with Crippen LogP contribution in [0.15, 0.2) is 22.2 Å². The lowest BCUT2D eigenvalue weighted by Gasteiger charge is -2.45. The number of nitrogens with zero attached hydrogens (tertiary/aromatic N) is 5. The molecule has 0 aromatic carbocycles. The van der Waals surface area contributed by atoms with Crippen LogP contribution in [0.1, 0.15) is 102 Å². The number of amidine groups is 2. The molecule has 1 amide bonds. The Morgan fingerprint density at radius 2 is 1.82 bits per heavy atom. The molecule has 4 aliphatic heterocycles. The summed E-state index contributed by atoms with van der Waals surface area (Å²) in [5.74, 6) is 4.94. The molecule has 5 heterocycles. The first-order valence-electron chi connectivity index (χ1n) is 15.3. The maximum Gasteiger partial charge on any atom is 0.222 e. The van der Waals surface area contributed by atoms with E-state index in [2.05, 4.69) is 34.7 Å². The third kappa shape index (κ3) is 5.48. The summed E-state index contributed by atoms with van der Waals surface area (Å²) in [6.45, 7) is 8.76. The summed E-state index contributed by atoms with van der Waals surface area (Å²) in [5, 5.41) is 0. The fraction of sp³-hybridized carbons (Fsp3) is 0.742. The second-order valence-corrected chi connectivity index (χ2v) is 12.7. The van der Waals surface area contributed by atoms with E-state index in [9.17, 15) is 4.79 Å². The summed E-state index contributed by atoms with van der Waals surface area (Å²) in [4.78, 5) is 31.7. The van der Waals surface area contributed by atoms with Gasteiger partial charge in [-0.2, -0.15) is 0 Å². The van der Waals surface area contributed by atoms with E-state index < -0.39 is 0 Å². The number of rotatable bonds is 4. The van der Waals surface area contributed by atoms with Gasteiger partial charge >= 0.3 is 0 Å². The van der Waals surface area contributed by atoms with E-state index in [-0.39, 0.29) is 5.60 Å². The first-order chi connectivity index (χ1) is 18.5. The van der Waals surface area contributed by atoms with Gasteiger partial charge in [0.1, 0.15) is 23.0 Å². The number of aryl methyl sites for hydroxylation is 1. The Balaban J connectivity index is 1.01. The Bertz CT molecular complexity index is 1070. The Labute approximate surface area is 228 Å². The number of aliphatic imine (C=N–C) groups is 2. The molecule has 1 aromatic heterocycles. The van der Waals surface area contributed by atoms with E-state index in [1.165, 1.54) is 43.4 Å². The van der Waals surface area contributed by atoms with Gasteiger partial charge in [0.2, 0.25) is 5.91 Å². The zero-order valence-corrected chi connectivity index (χ0v) is 23.5. The Morgan fingerprint density at radius 3 is 2.53 bits per heavy atom. The van der Waals surface area contributed by atoms with E-state index in [1.54, 1.807) is 0 Å². The van der Waals surface area contributed by atoms with E-state index in [0.717, 1.165) is 95.1 Å². The van der Waals surface area contributed by atoms with Gasteiger partial charge in [-0.1, -0.05) is 33.1 Å². The predicted molar refractivity (Wildman–Crippen MR) is 151 cm³/mol. The third-order valence-corrected chi connectivity index (χ3v) is 9.78. The number of ether oxygens (including phenoxy) is 1. The monoisotopic (exact) mass is 519 g/mol. The molecular formula is C31H45N5O2. The largest absolute Gasteiger partial charge is 0.485 e. The Morgan fingerprint density at radius 1 is 1.05 bits per heavy atom. The molecule has 38 heavy (non-hydrogen) atoms. The average molecular weight is 520 g/mol. The van der Waals surface area contributed by atoms with Gasteiger partial charge in [-0.25, -0.2) is 4.99 Å². The van der Waals surface area contributed by atoms with Gasteiger partial charge in [0.25, 0.3) is 0 Å². The highest BCUT2D eigenvalue weighted by molar-refractivity contribution is 6.03. The van der Waals surface area contributed by atoms with Crippen LogP contribution < -0.4 is 4.74 Å². The van der Waals surface area contributed by atoms with Crippen LogP contribution in [0.2, 0.25) is 0 Å². The molecule has 0 N–H and O–H groups in total. The highest BCUT2D eigenvalue weighted by Gasteiger charge is 2.41. The maximum atomic E-state index is 12.9. The molecule has 0 atom stereocenters. The highest BCUT2D eigenvalue weighted by atomic mass is 16.5. The normalized spacial score (nSPS) is 24.3. The Kier molecular flexibility index (Phi) is 7.45. The number of piperidine rings is 2. The minimum Gasteiger partial charge on any atom is -0.485 e. The standard InChI is InChI=1S/C31H45N5O2/c1-22(2)30-33-21-28(34-30)35-16-12-31(13-17-35)11-8-25-19-26(32-20-27(25)38-31)24-9-14-36(15-10-24)29(37)18-23-6-4-3-5-7-23/h19-20,22-24H,3-18,21H2,1-2H3.